The van der Waals surface area contributed by atoms with E-state index in [2.05, 4.69) is 0 Å². The predicted octanol–water partition coefficient (Wildman–Crippen LogP) is 6.79. The Labute approximate surface area is 215 Å². The van der Waals surface area contributed by atoms with Crippen molar-refractivity contribution in [3.8, 4) is 0 Å². The van der Waals surface area contributed by atoms with Gasteiger partial charge < -0.3 is 9.47 Å². The Hall–Kier alpha value is -2.58. The summed E-state index contributed by atoms with van der Waals surface area (Å²) in [5.41, 5.74) is 1.42. The van der Waals surface area contributed by atoms with Gasteiger partial charge in [-0.2, -0.15) is 13.2 Å². The first kappa shape index (κ1) is 26.5. The van der Waals surface area contributed by atoms with Crippen molar-refractivity contribution in [3.05, 3.63) is 68.3 Å². The number of ketones is 1. The summed E-state index contributed by atoms with van der Waals surface area (Å²) in [5, 5.41) is 1.07. The van der Waals surface area contributed by atoms with E-state index in [0.717, 1.165) is 12.1 Å². The summed E-state index contributed by atoms with van der Waals surface area (Å²) >= 11 is 13.0. The van der Waals surface area contributed by atoms with E-state index in [1.807, 2.05) is 0 Å². The Bertz CT molecular complexity index is 1370. The molecule has 1 aliphatic rings. The van der Waals surface area contributed by atoms with Crippen LogP contribution in [0.5, 0.6) is 0 Å². The fraction of sp³-hybridized carbons (Fsp3) is 0.385. The van der Waals surface area contributed by atoms with E-state index in [1.165, 1.54) is 24.0 Å². The minimum absolute atomic E-state index is 0.106. The van der Waals surface area contributed by atoms with Gasteiger partial charge in [-0.3, -0.25) is 9.59 Å². The predicted molar refractivity (Wildman–Crippen MR) is 132 cm³/mol. The third kappa shape index (κ3) is 4.85. The van der Waals surface area contributed by atoms with Crippen LogP contribution in [-0.2, 0) is 24.4 Å². The molecule has 3 aromatic rings. The number of nitrogens with zero attached hydrogens (tertiary/aromatic N) is 2. The van der Waals surface area contributed by atoms with Crippen molar-refractivity contribution in [2.45, 2.75) is 39.0 Å². The summed E-state index contributed by atoms with van der Waals surface area (Å²) in [5.74, 6) is -1.43. The SMILES string of the molecule is CC(=O)C1CCN(C(=O)c2ccc(Cl)c(Cc3cc4c(C)cc(C(F)(F)F)cc4n3C)c2Cl)CC1F. The highest BCUT2D eigenvalue weighted by molar-refractivity contribution is 6.38. The topological polar surface area (TPSA) is 42.3 Å². The summed E-state index contributed by atoms with van der Waals surface area (Å²) < 4.78 is 56.1. The molecule has 4 nitrogen and oxygen atoms in total. The molecule has 0 aliphatic carbocycles. The molecular weight excluding hydrogens is 519 g/mol. The number of alkyl halides is 4. The standard InChI is InChI=1S/C26H24Cl2F4N2O2/c1-13-8-15(26(30,31)32)9-23-19(13)10-16(33(23)3)11-20-21(27)5-4-18(24(20)28)25(36)34-7-6-17(14(2)35)22(29)12-34/h4-5,8-10,17,22H,6-7,11-12H2,1-3H3. The van der Waals surface area contributed by atoms with E-state index < -0.39 is 29.7 Å². The van der Waals surface area contributed by atoms with Crippen LogP contribution < -0.4 is 0 Å². The number of Topliss-reactive ketones (excluding diaryl/α,β-unsaturated/α-hetero) is 1. The Morgan fingerprint density at radius 2 is 1.83 bits per heavy atom. The number of halogens is 6. The largest absolute Gasteiger partial charge is 0.416 e. The molecule has 0 saturated carbocycles. The molecule has 1 aliphatic heterocycles. The molecule has 1 amide bonds. The molecular formula is C26H24Cl2F4N2O2. The molecule has 10 heteroatoms. The van der Waals surface area contributed by atoms with Crippen molar-refractivity contribution >= 4 is 45.8 Å². The van der Waals surface area contributed by atoms with Crippen molar-refractivity contribution in [2.24, 2.45) is 13.0 Å². The number of carbonyl (C=O) groups is 2. The van der Waals surface area contributed by atoms with Crippen LogP contribution in [0.25, 0.3) is 10.9 Å². The highest BCUT2D eigenvalue weighted by atomic mass is 35.5. The normalized spacial score (nSPS) is 18.6. The van der Waals surface area contributed by atoms with E-state index in [4.69, 9.17) is 23.2 Å². The van der Waals surface area contributed by atoms with Crippen LogP contribution in [0.3, 0.4) is 0 Å². The lowest BCUT2D eigenvalue weighted by Crippen LogP contribution is -2.46. The van der Waals surface area contributed by atoms with Crippen LogP contribution in [0.4, 0.5) is 17.6 Å². The van der Waals surface area contributed by atoms with Gasteiger partial charge in [0.05, 0.1) is 28.6 Å². The van der Waals surface area contributed by atoms with Gasteiger partial charge in [0.15, 0.2) is 0 Å². The number of amides is 1. The zero-order valence-corrected chi connectivity index (χ0v) is 21.4. The van der Waals surface area contributed by atoms with E-state index >= 15 is 0 Å². The Morgan fingerprint density at radius 1 is 1.14 bits per heavy atom. The first-order chi connectivity index (χ1) is 16.8. The Morgan fingerprint density at radius 3 is 2.44 bits per heavy atom. The summed E-state index contributed by atoms with van der Waals surface area (Å²) in [6, 6.07) is 7.00. The quantitative estimate of drug-likeness (QED) is 0.340. The highest BCUT2D eigenvalue weighted by Crippen LogP contribution is 2.36. The van der Waals surface area contributed by atoms with Gasteiger partial charge in [0.1, 0.15) is 12.0 Å². The lowest BCUT2D eigenvalue weighted by atomic mass is 9.91. The Kier molecular flexibility index (Phi) is 7.14. The van der Waals surface area contributed by atoms with Crippen LogP contribution in [0.15, 0.2) is 30.3 Å². The van der Waals surface area contributed by atoms with Gasteiger partial charge in [-0.15, -0.1) is 0 Å². The summed E-state index contributed by atoms with van der Waals surface area (Å²) in [6.07, 6.45) is -5.52. The maximum absolute atomic E-state index is 14.5. The molecule has 0 radical (unpaired) electrons. The van der Waals surface area contributed by atoms with E-state index in [-0.39, 0.29) is 42.3 Å². The molecule has 0 spiro atoms. The molecule has 1 fully saturated rings. The molecule has 1 aromatic heterocycles. The average Bonchev–Trinajstić information content (AvgIpc) is 3.11. The highest BCUT2D eigenvalue weighted by Gasteiger charge is 2.35. The molecule has 2 aromatic carbocycles. The number of benzene rings is 2. The minimum Gasteiger partial charge on any atom is -0.347 e. The van der Waals surface area contributed by atoms with Crippen LogP contribution in [-0.4, -0.2) is 40.4 Å². The van der Waals surface area contributed by atoms with Crippen LogP contribution >= 0.6 is 23.2 Å². The number of piperidine rings is 1. The van der Waals surface area contributed by atoms with Gasteiger partial charge in [0.2, 0.25) is 0 Å². The number of aryl methyl sites for hydroxylation is 2. The average molecular weight is 543 g/mol. The van der Waals surface area contributed by atoms with Crippen molar-refractivity contribution in [2.75, 3.05) is 13.1 Å². The molecule has 2 unspecified atom stereocenters. The third-order valence-electron chi connectivity index (χ3n) is 6.92. The fourth-order valence-electron chi connectivity index (χ4n) is 4.82. The third-order valence-corrected chi connectivity index (χ3v) is 7.71. The van der Waals surface area contributed by atoms with E-state index in [0.29, 0.717) is 32.7 Å². The molecule has 1 saturated heterocycles. The number of likely N-dealkylation sites (tertiary alicyclic amines) is 1. The summed E-state index contributed by atoms with van der Waals surface area (Å²) in [4.78, 5) is 26.1. The second-order valence-corrected chi connectivity index (χ2v) is 10.0. The lowest BCUT2D eigenvalue weighted by molar-refractivity contribution is -0.137. The van der Waals surface area contributed by atoms with Crippen molar-refractivity contribution in [1.29, 1.82) is 0 Å². The maximum Gasteiger partial charge on any atom is 0.416 e. The summed E-state index contributed by atoms with van der Waals surface area (Å²) in [7, 11) is 1.66. The van der Waals surface area contributed by atoms with Crippen molar-refractivity contribution < 1.29 is 27.2 Å². The van der Waals surface area contributed by atoms with E-state index in [9.17, 15) is 27.2 Å². The number of fused-ring (bicyclic) bond motifs is 1. The van der Waals surface area contributed by atoms with Crippen molar-refractivity contribution in [1.82, 2.24) is 9.47 Å². The molecule has 0 N–H and O–H groups in total. The number of hydrogen-bond acceptors (Lipinski definition) is 2. The number of rotatable bonds is 4. The Balaban J connectivity index is 1.67. The van der Waals surface area contributed by atoms with Gasteiger partial charge in [-0.1, -0.05) is 23.2 Å². The van der Waals surface area contributed by atoms with Gasteiger partial charge in [-0.05, 0) is 61.7 Å². The monoisotopic (exact) mass is 542 g/mol. The lowest BCUT2D eigenvalue weighted by Gasteiger charge is -2.33. The first-order valence-electron chi connectivity index (χ1n) is 11.4. The van der Waals surface area contributed by atoms with Gasteiger partial charge >= 0.3 is 6.18 Å². The summed E-state index contributed by atoms with van der Waals surface area (Å²) in [6.45, 7) is 2.98. The van der Waals surface area contributed by atoms with Gasteiger partial charge in [0, 0.05) is 41.6 Å². The first-order valence-corrected chi connectivity index (χ1v) is 12.1. The van der Waals surface area contributed by atoms with Gasteiger partial charge in [0.25, 0.3) is 5.91 Å². The molecule has 2 heterocycles. The number of carbonyl (C=O) groups excluding carboxylic acids is 2. The van der Waals surface area contributed by atoms with Crippen molar-refractivity contribution in [3.63, 3.8) is 0 Å². The zero-order valence-electron chi connectivity index (χ0n) is 19.8. The van der Waals surface area contributed by atoms with Crippen LogP contribution in [0.1, 0.15) is 46.1 Å². The van der Waals surface area contributed by atoms with Crippen LogP contribution in [0.2, 0.25) is 10.0 Å². The number of hydrogen-bond donors (Lipinski definition) is 0. The molecule has 2 atom stereocenters. The van der Waals surface area contributed by atoms with E-state index in [1.54, 1.807) is 24.6 Å². The molecule has 192 valence electrons. The second kappa shape index (κ2) is 9.71. The van der Waals surface area contributed by atoms with Gasteiger partial charge in [-0.25, -0.2) is 4.39 Å². The zero-order chi connectivity index (χ0) is 26.5. The smallest absolute Gasteiger partial charge is 0.347 e. The second-order valence-electron chi connectivity index (χ2n) is 9.26. The minimum atomic E-state index is -4.47. The fourth-order valence-corrected chi connectivity index (χ4v) is 5.41. The van der Waals surface area contributed by atoms with Crippen LogP contribution in [0, 0.1) is 12.8 Å². The maximum atomic E-state index is 14.5. The molecule has 4 rings (SSSR count). The molecule has 0 bridgehead atoms. The molecule has 36 heavy (non-hydrogen) atoms. The number of aromatic nitrogens is 1.